The Morgan fingerprint density at radius 1 is 1.08 bits per heavy atom. The highest BCUT2D eigenvalue weighted by Gasteiger charge is 2.43. The SMILES string of the molecule is Cc1cccc2c1N(CC(=O)N1CCCCC1)C(=O)[C@H]1CCCN1C2=O. The third kappa shape index (κ3) is 2.77. The Balaban J connectivity index is 1.71. The van der Waals surface area contributed by atoms with E-state index in [-0.39, 0.29) is 24.3 Å². The summed E-state index contributed by atoms with van der Waals surface area (Å²) in [7, 11) is 0. The number of fused-ring (bicyclic) bond motifs is 2. The smallest absolute Gasteiger partial charge is 0.256 e. The molecule has 0 spiro atoms. The molecule has 1 aromatic rings. The fourth-order valence-electron chi connectivity index (χ4n) is 4.44. The van der Waals surface area contributed by atoms with Gasteiger partial charge in [0.05, 0.1) is 11.3 Å². The quantitative estimate of drug-likeness (QED) is 0.815. The van der Waals surface area contributed by atoms with E-state index in [9.17, 15) is 14.4 Å². The van der Waals surface area contributed by atoms with Crippen molar-refractivity contribution in [1.29, 1.82) is 0 Å². The third-order valence-corrected chi connectivity index (χ3v) is 5.80. The molecule has 3 amide bonds. The first-order valence-corrected chi connectivity index (χ1v) is 9.57. The van der Waals surface area contributed by atoms with Crippen LogP contribution in [0.5, 0.6) is 0 Å². The number of rotatable bonds is 2. The Bertz CT molecular complexity index is 755. The summed E-state index contributed by atoms with van der Waals surface area (Å²) in [5, 5.41) is 0. The number of anilines is 1. The Morgan fingerprint density at radius 2 is 1.85 bits per heavy atom. The molecule has 0 aromatic heterocycles. The molecule has 3 aliphatic rings. The van der Waals surface area contributed by atoms with Gasteiger partial charge in [-0.15, -0.1) is 0 Å². The van der Waals surface area contributed by atoms with E-state index in [2.05, 4.69) is 0 Å². The number of hydrogen-bond donors (Lipinski definition) is 0. The average molecular weight is 355 g/mol. The van der Waals surface area contributed by atoms with Crippen LogP contribution in [-0.2, 0) is 9.59 Å². The molecular weight excluding hydrogens is 330 g/mol. The monoisotopic (exact) mass is 355 g/mol. The van der Waals surface area contributed by atoms with E-state index in [1.165, 1.54) is 0 Å². The van der Waals surface area contributed by atoms with E-state index < -0.39 is 6.04 Å². The van der Waals surface area contributed by atoms with Gasteiger partial charge in [0.2, 0.25) is 11.8 Å². The maximum atomic E-state index is 13.3. The van der Waals surface area contributed by atoms with E-state index >= 15 is 0 Å². The van der Waals surface area contributed by atoms with Gasteiger partial charge in [-0.1, -0.05) is 12.1 Å². The molecule has 138 valence electrons. The number of hydrogen-bond acceptors (Lipinski definition) is 3. The molecule has 0 radical (unpaired) electrons. The Kier molecular flexibility index (Phi) is 4.42. The average Bonchev–Trinajstić information content (AvgIpc) is 3.13. The Labute approximate surface area is 153 Å². The molecule has 0 bridgehead atoms. The van der Waals surface area contributed by atoms with Crippen LogP contribution < -0.4 is 4.90 Å². The molecule has 1 aromatic carbocycles. The van der Waals surface area contributed by atoms with Crippen molar-refractivity contribution in [2.45, 2.75) is 45.1 Å². The summed E-state index contributed by atoms with van der Waals surface area (Å²) < 4.78 is 0. The van der Waals surface area contributed by atoms with Crippen molar-refractivity contribution in [2.24, 2.45) is 0 Å². The standard InChI is InChI=1S/C20H25N3O3/c1-14-7-5-8-15-18(14)23(13-17(24)21-10-3-2-4-11-21)20(26)16-9-6-12-22(16)19(15)25/h5,7-8,16H,2-4,6,9-13H2,1H3/t16-/m1/s1. The van der Waals surface area contributed by atoms with Crippen molar-refractivity contribution in [3.8, 4) is 0 Å². The number of carbonyl (C=O) groups excluding carboxylic acids is 3. The first-order valence-electron chi connectivity index (χ1n) is 9.57. The Morgan fingerprint density at radius 3 is 2.62 bits per heavy atom. The van der Waals surface area contributed by atoms with Gasteiger partial charge in [0.1, 0.15) is 12.6 Å². The molecule has 3 aliphatic heterocycles. The van der Waals surface area contributed by atoms with Crippen molar-refractivity contribution >= 4 is 23.4 Å². The second kappa shape index (κ2) is 6.74. The number of nitrogens with zero attached hydrogens (tertiary/aromatic N) is 3. The lowest BCUT2D eigenvalue weighted by Gasteiger charge is -2.31. The number of para-hydroxylation sites is 1. The number of amides is 3. The molecule has 6 heteroatoms. The minimum atomic E-state index is -0.441. The number of aryl methyl sites for hydroxylation is 1. The van der Waals surface area contributed by atoms with Crippen LogP contribution in [0.25, 0.3) is 0 Å². The second-order valence-corrected chi connectivity index (χ2v) is 7.49. The number of benzene rings is 1. The first-order chi connectivity index (χ1) is 12.6. The molecule has 0 N–H and O–H groups in total. The van der Waals surface area contributed by atoms with Crippen molar-refractivity contribution in [3.63, 3.8) is 0 Å². The van der Waals surface area contributed by atoms with Gasteiger partial charge in [-0.2, -0.15) is 0 Å². The van der Waals surface area contributed by atoms with Crippen LogP contribution in [0.15, 0.2) is 18.2 Å². The van der Waals surface area contributed by atoms with Gasteiger partial charge in [-0.3, -0.25) is 14.4 Å². The van der Waals surface area contributed by atoms with Gasteiger partial charge in [0, 0.05) is 19.6 Å². The van der Waals surface area contributed by atoms with Crippen LogP contribution in [0, 0.1) is 6.92 Å². The van der Waals surface area contributed by atoms with Crippen molar-refractivity contribution in [2.75, 3.05) is 31.1 Å². The fourth-order valence-corrected chi connectivity index (χ4v) is 4.44. The molecule has 0 saturated carbocycles. The largest absolute Gasteiger partial charge is 0.341 e. The molecular formula is C20H25N3O3. The topological polar surface area (TPSA) is 60.9 Å². The normalized spacial score (nSPS) is 23.0. The maximum Gasteiger partial charge on any atom is 0.256 e. The van der Waals surface area contributed by atoms with Crippen molar-refractivity contribution in [1.82, 2.24) is 9.80 Å². The summed E-state index contributed by atoms with van der Waals surface area (Å²) in [5.74, 6) is -0.229. The van der Waals surface area contributed by atoms with E-state index in [0.717, 1.165) is 44.3 Å². The lowest BCUT2D eigenvalue weighted by molar-refractivity contribution is -0.132. The lowest BCUT2D eigenvalue weighted by atomic mass is 10.1. The highest BCUT2D eigenvalue weighted by molar-refractivity contribution is 6.13. The van der Waals surface area contributed by atoms with Crippen LogP contribution in [0.1, 0.15) is 48.0 Å². The summed E-state index contributed by atoms with van der Waals surface area (Å²) in [4.78, 5) is 44.2. The lowest BCUT2D eigenvalue weighted by Crippen LogP contribution is -2.49. The maximum absolute atomic E-state index is 13.3. The minimum absolute atomic E-state index is 0.0221. The highest BCUT2D eigenvalue weighted by Crippen LogP contribution is 2.34. The summed E-state index contributed by atoms with van der Waals surface area (Å²) >= 11 is 0. The van der Waals surface area contributed by atoms with E-state index in [0.29, 0.717) is 24.2 Å². The summed E-state index contributed by atoms with van der Waals surface area (Å²) in [6.07, 6.45) is 4.69. The van der Waals surface area contributed by atoms with Crippen LogP contribution >= 0.6 is 0 Å². The Hall–Kier alpha value is -2.37. The number of likely N-dealkylation sites (tertiary alicyclic amines) is 1. The van der Waals surface area contributed by atoms with Crippen LogP contribution in [0.3, 0.4) is 0 Å². The first kappa shape index (κ1) is 17.1. The molecule has 1 atom stereocenters. The molecule has 0 aliphatic carbocycles. The van der Waals surface area contributed by atoms with Gasteiger partial charge in [0.25, 0.3) is 5.91 Å². The number of piperidine rings is 1. The summed E-state index contributed by atoms with van der Waals surface area (Å²) in [5.41, 5.74) is 2.01. The fraction of sp³-hybridized carbons (Fsp3) is 0.550. The predicted molar refractivity (Wildman–Crippen MR) is 98.0 cm³/mol. The highest BCUT2D eigenvalue weighted by atomic mass is 16.2. The molecule has 2 fully saturated rings. The van der Waals surface area contributed by atoms with Crippen LogP contribution in [0.4, 0.5) is 5.69 Å². The van der Waals surface area contributed by atoms with Gasteiger partial charge in [-0.25, -0.2) is 0 Å². The molecule has 3 heterocycles. The number of carbonyl (C=O) groups is 3. The zero-order valence-electron chi connectivity index (χ0n) is 15.2. The second-order valence-electron chi connectivity index (χ2n) is 7.49. The molecule has 26 heavy (non-hydrogen) atoms. The van der Waals surface area contributed by atoms with Gasteiger partial charge in [-0.05, 0) is 50.7 Å². The van der Waals surface area contributed by atoms with E-state index in [4.69, 9.17) is 0 Å². The van der Waals surface area contributed by atoms with Crippen LogP contribution in [0.2, 0.25) is 0 Å². The zero-order valence-corrected chi connectivity index (χ0v) is 15.2. The van der Waals surface area contributed by atoms with Gasteiger partial charge >= 0.3 is 0 Å². The summed E-state index contributed by atoms with van der Waals surface area (Å²) in [6, 6.07) is 5.08. The minimum Gasteiger partial charge on any atom is -0.341 e. The van der Waals surface area contributed by atoms with Crippen molar-refractivity contribution < 1.29 is 14.4 Å². The third-order valence-electron chi connectivity index (χ3n) is 5.80. The summed E-state index contributed by atoms with van der Waals surface area (Å²) in [6.45, 7) is 4.05. The van der Waals surface area contributed by atoms with E-state index in [1.807, 2.05) is 24.0 Å². The van der Waals surface area contributed by atoms with Crippen molar-refractivity contribution in [3.05, 3.63) is 29.3 Å². The van der Waals surface area contributed by atoms with E-state index in [1.54, 1.807) is 15.9 Å². The van der Waals surface area contributed by atoms with Gasteiger partial charge < -0.3 is 14.7 Å². The zero-order chi connectivity index (χ0) is 18.3. The molecule has 0 unspecified atom stereocenters. The molecule has 6 nitrogen and oxygen atoms in total. The van der Waals surface area contributed by atoms with Crippen LogP contribution in [-0.4, -0.2) is 59.7 Å². The molecule has 2 saturated heterocycles. The predicted octanol–water partition coefficient (Wildman–Crippen LogP) is 1.96. The molecule has 4 rings (SSSR count). The van der Waals surface area contributed by atoms with Gasteiger partial charge in [0.15, 0.2) is 0 Å².